The Morgan fingerprint density at radius 2 is 2.18 bits per heavy atom. The van der Waals surface area contributed by atoms with E-state index < -0.39 is 0 Å². The fourth-order valence-electron chi connectivity index (χ4n) is 1.57. The van der Waals surface area contributed by atoms with E-state index in [4.69, 9.17) is 0 Å². The molecule has 0 unspecified atom stereocenters. The van der Waals surface area contributed by atoms with Crippen molar-refractivity contribution in [1.82, 2.24) is 10.1 Å². The number of nitrogens with zero attached hydrogens (tertiary/aromatic N) is 1. The first-order valence-corrected chi connectivity index (χ1v) is 4.28. The van der Waals surface area contributed by atoms with E-state index >= 15 is 0 Å². The van der Waals surface area contributed by atoms with Crippen LogP contribution in [-0.4, -0.2) is 42.1 Å². The van der Waals surface area contributed by atoms with E-state index in [1.807, 2.05) is 6.82 Å². The molecular formula is C7H17BN2O. The molecule has 64 valence electrons. The van der Waals surface area contributed by atoms with Gasteiger partial charge in [0.1, 0.15) is 0 Å². The average Bonchev–Trinajstić information content (AvgIpc) is 1.94. The van der Waals surface area contributed by atoms with Gasteiger partial charge in [0.2, 0.25) is 0 Å². The first-order chi connectivity index (χ1) is 5.11. The third-order valence-electron chi connectivity index (χ3n) is 2.29. The second kappa shape index (κ2) is 3.56. The van der Waals surface area contributed by atoms with Gasteiger partial charge in [-0.05, 0) is 20.7 Å². The molecular weight excluding hydrogens is 139 g/mol. The van der Waals surface area contributed by atoms with E-state index in [2.05, 4.69) is 24.0 Å². The predicted octanol–water partition coefficient (Wildman–Crippen LogP) is -0.221. The van der Waals surface area contributed by atoms with Gasteiger partial charge in [-0.25, -0.2) is 0 Å². The second-order valence-corrected chi connectivity index (χ2v) is 3.49. The number of rotatable bonds is 1. The molecule has 1 heterocycles. The summed E-state index contributed by atoms with van der Waals surface area (Å²) in [5.74, 6) is 0. The first-order valence-electron chi connectivity index (χ1n) is 4.28. The van der Waals surface area contributed by atoms with Gasteiger partial charge in [-0.3, -0.25) is 0 Å². The van der Waals surface area contributed by atoms with Gasteiger partial charge in [-0.1, -0.05) is 0 Å². The Bertz CT molecular complexity index is 132. The number of piperazine rings is 1. The summed E-state index contributed by atoms with van der Waals surface area (Å²) in [5, 5.41) is 12.7. The maximum Gasteiger partial charge on any atom is 0.376 e. The Balaban J connectivity index is 2.47. The van der Waals surface area contributed by atoms with Crippen LogP contribution in [0.15, 0.2) is 0 Å². The molecule has 0 radical (unpaired) electrons. The summed E-state index contributed by atoms with van der Waals surface area (Å²) >= 11 is 0. The third kappa shape index (κ3) is 2.19. The highest BCUT2D eigenvalue weighted by Crippen LogP contribution is 2.06. The van der Waals surface area contributed by atoms with Crippen LogP contribution < -0.4 is 5.32 Å². The molecule has 2 N–H and O–H groups in total. The molecule has 0 amide bonds. The smallest absolute Gasteiger partial charge is 0.376 e. The van der Waals surface area contributed by atoms with Gasteiger partial charge in [0.25, 0.3) is 0 Å². The molecule has 0 aliphatic carbocycles. The molecule has 0 aromatic heterocycles. The molecule has 1 fully saturated rings. The molecule has 3 nitrogen and oxygen atoms in total. The van der Waals surface area contributed by atoms with Crippen molar-refractivity contribution < 1.29 is 5.02 Å². The summed E-state index contributed by atoms with van der Waals surface area (Å²) < 4.78 is 0. The van der Waals surface area contributed by atoms with E-state index in [0.717, 1.165) is 13.1 Å². The van der Waals surface area contributed by atoms with Crippen molar-refractivity contribution in [3.8, 4) is 0 Å². The summed E-state index contributed by atoms with van der Waals surface area (Å²) in [5.41, 5.74) is 0. The molecule has 0 saturated carbocycles. The second-order valence-electron chi connectivity index (χ2n) is 3.49. The SMILES string of the molecule is CB(O)N1C[C@H](C)NC[C@H]1C. The lowest BCUT2D eigenvalue weighted by atomic mass is 9.81. The van der Waals surface area contributed by atoms with Crippen LogP contribution in [0.4, 0.5) is 0 Å². The topological polar surface area (TPSA) is 35.5 Å². The van der Waals surface area contributed by atoms with Crippen molar-refractivity contribution in [2.45, 2.75) is 32.8 Å². The highest BCUT2D eigenvalue weighted by molar-refractivity contribution is 6.45. The first kappa shape index (κ1) is 9.04. The zero-order valence-corrected chi connectivity index (χ0v) is 7.54. The van der Waals surface area contributed by atoms with Crippen molar-refractivity contribution in [2.24, 2.45) is 0 Å². The van der Waals surface area contributed by atoms with E-state index in [1.165, 1.54) is 0 Å². The van der Waals surface area contributed by atoms with Crippen LogP contribution in [0, 0.1) is 0 Å². The lowest BCUT2D eigenvalue weighted by Gasteiger charge is -2.38. The van der Waals surface area contributed by atoms with Gasteiger partial charge < -0.3 is 15.2 Å². The monoisotopic (exact) mass is 156 g/mol. The van der Waals surface area contributed by atoms with Crippen LogP contribution in [0.1, 0.15) is 13.8 Å². The largest absolute Gasteiger partial charge is 0.437 e. The van der Waals surface area contributed by atoms with Crippen LogP contribution in [0.25, 0.3) is 0 Å². The molecule has 0 spiro atoms. The van der Waals surface area contributed by atoms with Crippen LogP contribution in [0.5, 0.6) is 0 Å². The van der Waals surface area contributed by atoms with E-state index in [9.17, 15) is 5.02 Å². The Labute approximate surface area is 68.9 Å². The number of hydrogen-bond donors (Lipinski definition) is 2. The Morgan fingerprint density at radius 3 is 2.64 bits per heavy atom. The van der Waals surface area contributed by atoms with Gasteiger partial charge in [-0.15, -0.1) is 0 Å². The lowest BCUT2D eigenvalue weighted by molar-refractivity contribution is 0.219. The summed E-state index contributed by atoms with van der Waals surface area (Å²) in [4.78, 5) is 2.11. The summed E-state index contributed by atoms with van der Waals surface area (Å²) in [6, 6.07) is 0.951. The molecule has 11 heavy (non-hydrogen) atoms. The van der Waals surface area contributed by atoms with E-state index in [1.54, 1.807) is 0 Å². The summed E-state index contributed by atoms with van der Waals surface area (Å²) in [6.07, 6.45) is 0. The minimum Gasteiger partial charge on any atom is -0.437 e. The standard InChI is InChI=1S/C7H17BN2O/c1-6-5-10(8(3)11)7(2)4-9-6/h6-7,9,11H,4-5H2,1-3H3/t6-,7+/m0/s1. The Morgan fingerprint density at radius 1 is 1.55 bits per heavy atom. The van der Waals surface area contributed by atoms with Gasteiger partial charge in [-0.2, -0.15) is 0 Å². The van der Waals surface area contributed by atoms with E-state index in [0.29, 0.717) is 12.1 Å². The van der Waals surface area contributed by atoms with Crippen molar-refractivity contribution in [2.75, 3.05) is 13.1 Å². The Hall–Kier alpha value is -0.0551. The molecule has 1 aliphatic heterocycles. The van der Waals surface area contributed by atoms with Gasteiger partial charge >= 0.3 is 7.05 Å². The van der Waals surface area contributed by atoms with Crippen molar-refractivity contribution >= 4 is 7.05 Å². The average molecular weight is 156 g/mol. The highest BCUT2D eigenvalue weighted by Gasteiger charge is 2.27. The summed E-state index contributed by atoms with van der Waals surface area (Å²) in [6.45, 7) is 8.02. The normalized spacial score (nSPS) is 33.8. The maximum atomic E-state index is 9.36. The molecule has 0 bridgehead atoms. The quantitative estimate of drug-likeness (QED) is 0.515. The lowest BCUT2D eigenvalue weighted by Crippen LogP contribution is -2.58. The van der Waals surface area contributed by atoms with Crippen LogP contribution in [0.2, 0.25) is 6.82 Å². The van der Waals surface area contributed by atoms with Gasteiger partial charge in [0, 0.05) is 25.2 Å². The van der Waals surface area contributed by atoms with Crippen LogP contribution in [0.3, 0.4) is 0 Å². The minimum atomic E-state index is -0.311. The van der Waals surface area contributed by atoms with Crippen LogP contribution in [-0.2, 0) is 0 Å². The van der Waals surface area contributed by atoms with Crippen molar-refractivity contribution in [1.29, 1.82) is 0 Å². The van der Waals surface area contributed by atoms with Crippen LogP contribution >= 0.6 is 0 Å². The molecule has 0 aromatic rings. The molecule has 1 aliphatic rings. The fraction of sp³-hybridized carbons (Fsp3) is 1.00. The molecule has 2 atom stereocenters. The molecule has 1 rings (SSSR count). The zero-order chi connectivity index (χ0) is 8.43. The highest BCUT2D eigenvalue weighted by atomic mass is 16.2. The molecule has 0 aromatic carbocycles. The summed E-state index contributed by atoms with van der Waals surface area (Å²) in [7, 11) is -0.311. The zero-order valence-electron chi connectivity index (χ0n) is 7.54. The number of hydrogen-bond acceptors (Lipinski definition) is 3. The minimum absolute atomic E-state index is 0.311. The predicted molar refractivity (Wildman–Crippen MR) is 47.5 cm³/mol. The van der Waals surface area contributed by atoms with Gasteiger partial charge in [0.15, 0.2) is 0 Å². The fourth-order valence-corrected chi connectivity index (χ4v) is 1.57. The molecule has 4 heteroatoms. The third-order valence-corrected chi connectivity index (χ3v) is 2.29. The number of nitrogens with one attached hydrogen (secondary N) is 1. The van der Waals surface area contributed by atoms with Gasteiger partial charge in [0.05, 0.1) is 0 Å². The Kier molecular flexibility index (Phi) is 2.93. The molecule has 1 saturated heterocycles. The van der Waals surface area contributed by atoms with E-state index in [-0.39, 0.29) is 7.05 Å². The maximum absolute atomic E-state index is 9.36. The van der Waals surface area contributed by atoms with Crippen molar-refractivity contribution in [3.63, 3.8) is 0 Å². The van der Waals surface area contributed by atoms with Crippen molar-refractivity contribution in [3.05, 3.63) is 0 Å².